The van der Waals surface area contributed by atoms with Crippen molar-refractivity contribution in [3.8, 4) is 0 Å². The summed E-state index contributed by atoms with van der Waals surface area (Å²) in [5, 5.41) is 0. The van der Waals surface area contributed by atoms with Crippen molar-refractivity contribution in [1.82, 2.24) is 4.31 Å². The van der Waals surface area contributed by atoms with Crippen LogP contribution in [-0.4, -0.2) is 31.4 Å². The van der Waals surface area contributed by atoms with Crippen molar-refractivity contribution in [2.45, 2.75) is 49.3 Å². The molecule has 2 rings (SSSR count). The Labute approximate surface area is 128 Å². The summed E-state index contributed by atoms with van der Waals surface area (Å²) in [6.45, 7) is 1.87. The van der Waals surface area contributed by atoms with Crippen LogP contribution in [0, 0.1) is 0 Å². The molecule has 0 saturated carbocycles. The summed E-state index contributed by atoms with van der Waals surface area (Å²) in [6, 6.07) is 3.37. The van der Waals surface area contributed by atoms with Crippen LogP contribution in [-0.2, 0) is 16.2 Å². The molecule has 2 N–H and O–H groups in total. The standard InChI is InChI=1S/C14H19F3N2O2S/c1-10(18)12-7-4-5-9-19(12)22(20,21)13-8-3-2-6-11(13)14(15,16)17/h2-3,6,8,10,12H,4-5,7,9,18H2,1H3/t10-,12-/m0/s1. The van der Waals surface area contributed by atoms with Crippen LogP contribution in [0.2, 0.25) is 0 Å². The Hall–Kier alpha value is -1.12. The summed E-state index contributed by atoms with van der Waals surface area (Å²) < 4.78 is 65.9. The van der Waals surface area contributed by atoms with Gasteiger partial charge in [-0.05, 0) is 31.9 Å². The normalized spacial score (nSPS) is 22.5. The Morgan fingerprint density at radius 1 is 1.27 bits per heavy atom. The topological polar surface area (TPSA) is 63.4 Å². The van der Waals surface area contributed by atoms with Gasteiger partial charge in [0, 0.05) is 18.6 Å². The Morgan fingerprint density at radius 3 is 2.50 bits per heavy atom. The van der Waals surface area contributed by atoms with Crippen molar-refractivity contribution in [2.75, 3.05) is 6.54 Å². The number of sulfonamides is 1. The molecule has 4 nitrogen and oxygen atoms in total. The van der Waals surface area contributed by atoms with E-state index in [0.29, 0.717) is 12.8 Å². The molecule has 124 valence electrons. The van der Waals surface area contributed by atoms with E-state index in [1.165, 1.54) is 12.1 Å². The molecule has 1 aliphatic rings. The maximum Gasteiger partial charge on any atom is 0.417 e. The highest BCUT2D eigenvalue weighted by Gasteiger charge is 2.41. The number of benzene rings is 1. The van der Waals surface area contributed by atoms with Gasteiger partial charge >= 0.3 is 6.18 Å². The SMILES string of the molecule is C[C@H](N)[C@@H]1CCCCN1S(=O)(=O)c1ccccc1C(F)(F)F. The zero-order chi connectivity index (χ0) is 16.5. The molecule has 2 atom stereocenters. The minimum absolute atomic E-state index is 0.195. The molecule has 0 bridgehead atoms. The van der Waals surface area contributed by atoms with Crippen LogP contribution in [0.25, 0.3) is 0 Å². The fourth-order valence-electron chi connectivity index (χ4n) is 2.81. The van der Waals surface area contributed by atoms with Gasteiger partial charge in [-0.15, -0.1) is 0 Å². The number of nitrogens with zero attached hydrogens (tertiary/aromatic N) is 1. The van der Waals surface area contributed by atoms with Crippen molar-refractivity contribution in [1.29, 1.82) is 0 Å². The van der Waals surface area contributed by atoms with Gasteiger partial charge in [0.25, 0.3) is 0 Å². The second-order valence-electron chi connectivity index (χ2n) is 5.53. The first-order valence-electron chi connectivity index (χ1n) is 7.09. The molecule has 1 aromatic carbocycles. The highest BCUT2D eigenvalue weighted by atomic mass is 32.2. The maximum absolute atomic E-state index is 13.1. The highest BCUT2D eigenvalue weighted by molar-refractivity contribution is 7.89. The van der Waals surface area contributed by atoms with Gasteiger partial charge < -0.3 is 5.73 Å². The molecule has 1 fully saturated rings. The van der Waals surface area contributed by atoms with Gasteiger partial charge in [-0.3, -0.25) is 0 Å². The number of nitrogens with two attached hydrogens (primary N) is 1. The second-order valence-corrected chi connectivity index (χ2v) is 7.39. The lowest BCUT2D eigenvalue weighted by Gasteiger charge is -2.37. The number of hydrogen-bond acceptors (Lipinski definition) is 3. The fourth-order valence-corrected chi connectivity index (χ4v) is 4.79. The summed E-state index contributed by atoms with van der Waals surface area (Å²) in [5.41, 5.74) is 4.69. The van der Waals surface area contributed by atoms with E-state index >= 15 is 0 Å². The maximum atomic E-state index is 13.1. The van der Waals surface area contributed by atoms with E-state index in [0.717, 1.165) is 22.9 Å². The van der Waals surface area contributed by atoms with Gasteiger partial charge in [0.1, 0.15) is 0 Å². The average Bonchev–Trinajstić information content (AvgIpc) is 2.46. The van der Waals surface area contributed by atoms with Crippen molar-refractivity contribution in [2.24, 2.45) is 5.73 Å². The smallest absolute Gasteiger partial charge is 0.326 e. The third kappa shape index (κ3) is 3.28. The fraction of sp³-hybridized carbons (Fsp3) is 0.571. The number of alkyl halides is 3. The van der Waals surface area contributed by atoms with Crippen LogP contribution in [0.15, 0.2) is 29.2 Å². The Balaban J connectivity index is 2.51. The molecule has 1 saturated heterocycles. The van der Waals surface area contributed by atoms with E-state index in [4.69, 9.17) is 5.73 Å². The molecule has 0 spiro atoms. The predicted octanol–water partition coefficient (Wildman–Crippen LogP) is 2.60. The molecule has 0 aromatic heterocycles. The van der Waals surface area contributed by atoms with E-state index in [-0.39, 0.29) is 6.54 Å². The molecule has 1 aromatic rings. The molecular formula is C14H19F3N2O2S. The van der Waals surface area contributed by atoms with Gasteiger partial charge in [0.05, 0.1) is 10.5 Å². The van der Waals surface area contributed by atoms with E-state index in [9.17, 15) is 21.6 Å². The van der Waals surface area contributed by atoms with Crippen LogP contribution < -0.4 is 5.73 Å². The minimum Gasteiger partial charge on any atom is -0.326 e. The van der Waals surface area contributed by atoms with Crippen LogP contribution in [0.5, 0.6) is 0 Å². The zero-order valence-electron chi connectivity index (χ0n) is 12.2. The van der Waals surface area contributed by atoms with Crippen molar-refractivity contribution < 1.29 is 21.6 Å². The van der Waals surface area contributed by atoms with Crippen LogP contribution in [0.3, 0.4) is 0 Å². The van der Waals surface area contributed by atoms with E-state index < -0.39 is 38.7 Å². The molecule has 0 radical (unpaired) electrons. The third-order valence-electron chi connectivity index (χ3n) is 3.88. The summed E-state index contributed by atoms with van der Waals surface area (Å²) in [5.74, 6) is 0. The Bertz CT molecular complexity index is 629. The molecule has 8 heteroatoms. The lowest BCUT2D eigenvalue weighted by atomic mass is 10.00. The molecule has 1 heterocycles. The third-order valence-corrected chi connectivity index (χ3v) is 5.87. The average molecular weight is 336 g/mol. The lowest BCUT2D eigenvalue weighted by Crippen LogP contribution is -2.51. The number of rotatable bonds is 3. The molecule has 0 unspecified atom stereocenters. The van der Waals surface area contributed by atoms with E-state index in [2.05, 4.69) is 0 Å². The van der Waals surface area contributed by atoms with Crippen molar-refractivity contribution in [3.05, 3.63) is 29.8 Å². The van der Waals surface area contributed by atoms with E-state index in [1.807, 2.05) is 0 Å². The summed E-state index contributed by atoms with van der Waals surface area (Å²) in [7, 11) is -4.24. The molecule has 1 aliphatic heterocycles. The van der Waals surface area contributed by atoms with Gasteiger partial charge in [0.2, 0.25) is 10.0 Å². The summed E-state index contributed by atoms with van der Waals surface area (Å²) in [6.07, 6.45) is -2.72. The quantitative estimate of drug-likeness (QED) is 0.923. The second kappa shape index (κ2) is 6.17. The monoisotopic (exact) mass is 336 g/mol. The van der Waals surface area contributed by atoms with Crippen LogP contribution in [0.1, 0.15) is 31.7 Å². The highest BCUT2D eigenvalue weighted by Crippen LogP contribution is 2.36. The van der Waals surface area contributed by atoms with Crippen molar-refractivity contribution in [3.63, 3.8) is 0 Å². The summed E-state index contributed by atoms with van der Waals surface area (Å²) in [4.78, 5) is -0.699. The number of piperidine rings is 1. The molecular weight excluding hydrogens is 317 g/mol. The first-order chi connectivity index (χ1) is 10.2. The largest absolute Gasteiger partial charge is 0.417 e. The molecule has 0 aliphatic carbocycles. The summed E-state index contributed by atoms with van der Waals surface area (Å²) >= 11 is 0. The van der Waals surface area contributed by atoms with Gasteiger partial charge in [0.15, 0.2) is 0 Å². The number of hydrogen-bond donors (Lipinski definition) is 1. The van der Waals surface area contributed by atoms with Gasteiger partial charge in [-0.2, -0.15) is 17.5 Å². The van der Waals surface area contributed by atoms with E-state index in [1.54, 1.807) is 6.92 Å². The lowest BCUT2D eigenvalue weighted by molar-refractivity contribution is -0.139. The van der Waals surface area contributed by atoms with Gasteiger partial charge in [-0.1, -0.05) is 18.6 Å². The first-order valence-corrected chi connectivity index (χ1v) is 8.53. The molecule has 22 heavy (non-hydrogen) atoms. The Morgan fingerprint density at radius 2 is 1.91 bits per heavy atom. The minimum atomic E-state index is -4.72. The Kier molecular flexibility index (Phi) is 4.84. The van der Waals surface area contributed by atoms with Crippen molar-refractivity contribution >= 4 is 10.0 Å². The first kappa shape index (κ1) is 17.2. The van der Waals surface area contributed by atoms with Gasteiger partial charge in [-0.25, -0.2) is 8.42 Å². The zero-order valence-corrected chi connectivity index (χ0v) is 13.0. The molecule has 0 amide bonds. The number of halogens is 3. The van der Waals surface area contributed by atoms with Crippen LogP contribution >= 0.6 is 0 Å². The predicted molar refractivity (Wildman–Crippen MR) is 76.6 cm³/mol. The van der Waals surface area contributed by atoms with Crippen LogP contribution in [0.4, 0.5) is 13.2 Å².